The highest BCUT2D eigenvalue weighted by Gasteiger charge is 2.35. The zero-order chi connectivity index (χ0) is 23.2. The van der Waals surface area contributed by atoms with Crippen LogP contribution in [0.3, 0.4) is 0 Å². The van der Waals surface area contributed by atoms with Gasteiger partial charge in [-0.3, -0.25) is 0 Å². The third kappa shape index (κ3) is 4.22. The molecule has 0 bridgehead atoms. The lowest BCUT2D eigenvalue weighted by Gasteiger charge is -2.39. The van der Waals surface area contributed by atoms with Crippen molar-refractivity contribution in [3.63, 3.8) is 0 Å². The monoisotopic (exact) mass is 456 g/mol. The molecule has 10 nitrogen and oxygen atoms in total. The normalized spacial score (nSPS) is 15.7. The molecule has 2 aromatic heterocycles. The number of likely N-dealkylation sites (tertiary alicyclic amines) is 1. The molecule has 174 valence electrons. The van der Waals surface area contributed by atoms with E-state index >= 15 is 0 Å². The Morgan fingerprint density at radius 1 is 1.33 bits per heavy atom. The molecule has 3 aromatic rings. The number of hydrogen-bond acceptors (Lipinski definition) is 8. The molecule has 1 saturated heterocycles. The molecular weight excluding hydrogens is 431 g/mol. The highest BCUT2D eigenvalue weighted by atomic mass is 19.1. The fraction of sp³-hybridized carbons (Fsp3) is 0.455. The van der Waals surface area contributed by atoms with Crippen LogP contribution in [0.4, 0.5) is 15.1 Å². The molecule has 2 aliphatic rings. The van der Waals surface area contributed by atoms with E-state index in [1.54, 1.807) is 21.6 Å². The van der Waals surface area contributed by atoms with Crippen molar-refractivity contribution in [1.82, 2.24) is 24.5 Å². The van der Waals surface area contributed by atoms with E-state index in [9.17, 15) is 9.18 Å². The van der Waals surface area contributed by atoms with E-state index in [1.807, 2.05) is 20.8 Å². The van der Waals surface area contributed by atoms with E-state index in [1.165, 1.54) is 12.4 Å². The SMILES string of the molecule is CC(C)(C)OC(=O)N1CC(Oc2cnc(NCc3c(F)ccc4c3CCO4)n3cnnc23)C1. The second kappa shape index (κ2) is 8.05. The van der Waals surface area contributed by atoms with Gasteiger partial charge >= 0.3 is 6.09 Å². The van der Waals surface area contributed by atoms with E-state index in [0.717, 1.165) is 11.3 Å². The molecule has 11 heteroatoms. The maximum absolute atomic E-state index is 14.4. The fourth-order valence-electron chi connectivity index (χ4n) is 3.85. The molecule has 1 aromatic carbocycles. The van der Waals surface area contributed by atoms with Gasteiger partial charge in [0.05, 0.1) is 25.9 Å². The summed E-state index contributed by atoms with van der Waals surface area (Å²) in [4.78, 5) is 18.1. The van der Waals surface area contributed by atoms with Gasteiger partial charge in [-0.05, 0) is 32.9 Å². The Morgan fingerprint density at radius 3 is 2.94 bits per heavy atom. The molecule has 4 heterocycles. The number of anilines is 1. The Kier molecular flexibility index (Phi) is 5.18. The van der Waals surface area contributed by atoms with Crippen LogP contribution >= 0.6 is 0 Å². The van der Waals surface area contributed by atoms with Crippen LogP contribution in [0.5, 0.6) is 11.5 Å². The summed E-state index contributed by atoms with van der Waals surface area (Å²) in [6.07, 6.45) is 3.18. The molecule has 0 atom stereocenters. The van der Waals surface area contributed by atoms with Crippen LogP contribution in [0.2, 0.25) is 0 Å². The van der Waals surface area contributed by atoms with Crippen LogP contribution in [-0.4, -0.2) is 62.0 Å². The van der Waals surface area contributed by atoms with Crippen molar-refractivity contribution in [2.45, 2.75) is 45.4 Å². The number of amides is 1. The molecule has 33 heavy (non-hydrogen) atoms. The van der Waals surface area contributed by atoms with Gasteiger partial charge in [0, 0.05) is 24.1 Å². The van der Waals surface area contributed by atoms with E-state index in [-0.39, 0.29) is 24.6 Å². The molecule has 0 spiro atoms. The first-order valence-electron chi connectivity index (χ1n) is 10.8. The number of nitrogens with one attached hydrogen (secondary N) is 1. The highest BCUT2D eigenvalue weighted by molar-refractivity contribution is 5.69. The summed E-state index contributed by atoms with van der Waals surface area (Å²) >= 11 is 0. The summed E-state index contributed by atoms with van der Waals surface area (Å²) in [5.74, 6) is 1.35. The number of ether oxygens (including phenoxy) is 3. The molecule has 1 fully saturated rings. The zero-order valence-electron chi connectivity index (χ0n) is 18.7. The lowest BCUT2D eigenvalue weighted by Crippen LogP contribution is -2.57. The van der Waals surface area contributed by atoms with Crippen molar-refractivity contribution in [3.05, 3.63) is 41.6 Å². The first-order valence-corrected chi connectivity index (χ1v) is 10.8. The average molecular weight is 456 g/mol. The molecule has 2 aliphatic heterocycles. The van der Waals surface area contributed by atoms with Gasteiger partial charge in [-0.15, -0.1) is 10.2 Å². The minimum absolute atomic E-state index is 0.195. The maximum Gasteiger partial charge on any atom is 0.410 e. The number of carbonyl (C=O) groups is 1. The van der Waals surface area contributed by atoms with E-state index in [4.69, 9.17) is 14.2 Å². The molecule has 0 saturated carbocycles. The Bertz CT molecular complexity index is 1200. The van der Waals surface area contributed by atoms with Gasteiger partial charge in [0.15, 0.2) is 5.75 Å². The predicted molar refractivity (Wildman–Crippen MR) is 116 cm³/mol. The van der Waals surface area contributed by atoms with E-state index < -0.39 is 5.60 Å². The fourth-order valence-corrected chi connectivity index (χ4v) is 3.85. The lowest BCUT2D eigenvalue weighted by molar-refractivity contribution is -0.0219. The number of benzene rings is 1. The Balaban J connectivity index is 1.26. The van der Waals surface area contributed by atoms with Crippen LogP contribution in [0, 0.1) is 5.82 Å². The van der Waals surface area contributed by atoms with Crippen molar-refractivity contribution in [2.24, 2.45) is 0 Å². The van der Waals surface area contributed by atoms with Crippen molar-refractivity contribution < 1.29 is 23.4 Å². The second-order valence-corrected chi connectivity index (χ2v) is 9.05. The zero-order valence-corrected chi connectivity index (χ0v) is 18.7. The van der Waals surface area contributed by atoms with Gasteiger partial charge in [0.25, 0.3) is 0 Å². The third-order valence-corrected chi connectivity index (χ3v) is 5.46. The van der Waals surface area contributed by atoms with Gasteiger partial charge in [-0.1, -0.05) is 0 Å². The Morgan fingerprint density at radius 2 is 2.15 bits per heavy atom. The summed E-state index contributed by atoms with van der Waals surface area (Å²) in [5.41, 5.74) is 1.37. The number of carbonyl (C=O) groups excluding carboxylic acids is 1. The summed E-state index contributed by atoms with van der Waals surface area (Å²) in [6.45, 7) is 7.11. The van der Waals surface area contributed by atoms with Gasteiger partial charge in [-0.2, -0.15) is 0 Å². The summed E-state index contributed by atoms with van der Waals surface area (Å²) in [5, 5.41) is 11.3. The van der Waals surface area contributed by atoms with E-state index in [2.05, 4.69) is 20.5 Å². The minimum Gasteiger partial charge on any atom is -0.493 e. The predicted octanol–water partition coefficient (Wildman–Crippen LogP) is 2.81. The van der Waals surface area contributed by atoms with E-state index in [0.29, 0.717) is 49.0 Å². The standard InChI is InChI=1S/C22H25FN6O4/c1-22(2,3)33-21(30)28-10-13(11-28)32-18-9-25-20(29-12-26-27-19(18)29)24-8-15-14-6-7-31-17(14)5-4-16(15)23/h4-5,9,12-13H,6-8,10-11H2,1-3H3,(H,24,25). The molecule has 5 rings (SSSR count). The first kappa shape index (κ1) is 21.2. The molecular formula is C22H25FN6O4. The molecule has 0 radical (unpaired) electrons. The number of fused-ring (bicyclic) bond motifs is 2. The third-order valence-electron chi connectivity index (χ3n) is 5.46. The van der Waals surface area contributed by atoms with Crippen molar-refractivity contribution in [1.29, 1.82) is 0 Å². The number of hydrogen-bond donors (Lipinski definition) is 1. The minimum atomic E-state index is -0.542. The smallest absolute Gasteiger partial charge is 0.410 e. The Hall–Kier alpha value is -3.63. The van der Waals surface area contributed by atoms with Crippen molar-refractivity contribution in [2.75, 3.05) is 25.0 Å². The van der Waals surface area contributed by atoms with Gasteiger partial charge in [0.2, 0.25) is 11.6 Å². The van der Waals surface area contributed by atoms with Gasteiger partial charge in [-0.25, -0.2) is 18.6 Å². The molecule has 1 N–H and O–H groups in total. The number of rotatable bonds is 5. The van der Waals surface area contributed by atoms with Crippen LogP contribution in [0.15, 0.2) is 24.7 Å². The van der Waals surface area contributed by atoms with Crippen molar-refractivity contribution in [3.8, 4) is 11.5 Å². The quantitative estimate of drug-likeness (QED) is 0.625. The Labute approximate surface area is 189 Å². The highest BCUT2D eigenvalue weighted by Crippen LogP contribution is 2.31. The second-order valence-electron chi connectivity index (χ2n) is 9.05. The topological polar surface area (TPSA) is 103 Å². The van der Waals surface area contributed by atoms with Gasteiger partial charge < -0.3 is 24.4 Å². The van der Waals surface area contributed by atoms with Crippen LogP contribution in [0.1, 0.15) is 31.9 Å². The molecule has 0 unspecified atom stereocenters. The first-order chi connectivity index (χ1) is 15.8. The van der Waals surface area contributed by atoms with Crippen LogP contribution in [0.25, 0.3) is 5.65 Å². The number of nitrogens with zero attached hydrogens (tertiary/aromatic N) is 5. The summed E-state index contributed by atoms with van der Waals surface area (Å²) in [6, 6.07) is 3.08. The van der Waals surface area contributed by atoms with Gasteiger partial charge in [0.1, 0.15) is 29.6 Å². The summed E-state index contributed by atoms with van der Waals surface area (Å²) < 4.78 is 33.0. The number of halogens is 1. The largest absolute Gasteiger partial charge is 0.493 e. The molecule has 1 amide bonds. The summed E-state index contributed by atoms with van der Waals surface area (Å²) in [7, 11) is 0. The van der Waals surface area contributed by atoms with Crippen LogP contribution in [-0.2, 0) is 17.7 Å². The number of aromatic nitrogens is 4. The average Bonchev–Trinajstić information content (AvgIpc) is 3.38. The molecule has 0 aliphatic carbocycles. The maximum atomic E-state index is 14.4. The van der Waals surface area contributed by atoms with Crippen LogP contribution < -0.4 is 14.8 Å². The lowest BCUT2D eigenvalue weighted by atomic mass is 10.0. The van der Waals surface area contributed by atoms with Crippen molar-refractivity contribution >= 4 is 17.7 Å².